The van der Waals surface area contributed by atoms with Gasteiger partial charge in [-0.15, -0.1) is 0 Å². The molecule has 0 atom stereocenters. The fraction of sp³-hybridized carbons (Fsp3) is 0.194. The predicted molar refractivity (Wildman–Crippen MR) is 142 cm³/mol. The summed E-state index contributed by atoms with van der Waals surface area (Å²) in [4.78, 5) is 16.1. The summed E-state index contributed by atoms with van der Waals surface area (Å²) in [5.74, 6) is 1.84. The number of aryl methyl sites for hydroxylation is 1. The number of carbonyl (C=O) groups excluding carboxylic acids is 1. The van der Waals surface area contributed by atoms with Crippen LogP contribution in [0.25, 0.3) is 21.7 Å². The van der Waals surface area contributed by atoms with Crippen LogP contribution in [0.15, 0.2) is 91.1 Å². The van der Waals surface area contributed by atoms with Crippen molar-refractivity contribution in [2.45, 2.75) is 26.2 Å². The average Bonchev–Trinajstić information content (AvgIpc) is 3.39. The molecule has 0 fully saturated rings. The van der Waals surface area contributed by atoms with E-state index in [2.05, 4.69) is 24.0 Å². The van der Waals surface area contributed by atoms with Crippen molar-refractivity contribution >= 4 is 27.5 Å². The van der Waals surface area contributed by atoms with Crippen molar-refractivity contribution in [1.29, 1.82) is 0 Å². The van der Waals surface area contributed by atoms with Crippen LogP contribution in [0.3, 0.4) is 0 Å². The Balaban J connectivity index is 1.27. The van der Waals surface area contributed by atoms with Crippen molar-refractivity contribution in [2.24, 2.45) is 0 Å². The average molecular weight is 464 g/mol. The third kappa shape index (κ3) is 4.92. The molecular formula is C31H29NO3. The summed E-state index contributed by atoms with van der Waals surface area (Å²) in [5.41, 5.74) is 3.68. The maximum absolute atomic E-state index is 12.9. The second kappa shape index (κ2) is 10.5. The molecule has 0 radical (unpaired) electrons. The number of H-pyrrole nitrogens is 1. The van der Waals surface area contributed by atoms with Gasteiger partial charge in [0.2, 0.25) is 0 Å². The highest BCUT2D eigenvalue weighted by Gasteiger charge is 2.13. The Morgan fingerprint density at radius 1 is 0.771 bits per heavy atom. The van der Waals surface area contributed by atoms with Crippen molar-refractivity contribution in [2.75, 3.05) is 13.2 Å². The molecule has 4 nitrogen and oxygen atoms in total. The number of carbonyl (C=O) groups is 1. The van der Waals surface area contributed by atoms with Crippen molar-refractivity contribution in [3.8, 4) is 11.5 Å². The summed E-state index contributed by atoms with van der Waals surface area (Å²) in [7, 11) is 0. The largest absolute Gasteiger partial charge is 0.493 e. The van der Waals surface area contributed by atoms with Crippen LogP contribution in [0.5, 0.6) is 11.5 Å². The Morgan fingerprint density at radius 3 is 2.43 bits per heavy atom. The first-order valence-electron chi connectivity index (χ1n) is 12.2. The quantitative estimate of drug-likeness (QED) is 0.174. The van der Waals surface area contributed by atoms with Gasteiger partial charge in [0.15, 0.2) is 5.78 Å². The molecule has 0 saturated carbocycles. The third-order valence-electron chi connectivity index (χ3n) is 6.25. The Labute approximate surface area is 205 Å². The minimum atomic E-state index is 0.0419. The number of hydrogen-bond acceptors (Lipinski definition) is 3. The maximum Gasteiger partial charge on any atom is 0.193 e. The van der Waals surface area contributed by atoms with Gasteiger partial charge in [0.25, 0.3) is 0 Å². The van der Waals surface area contributed by atoms with E-state index in [1.807, 2.05) is 79.0 Å². The number of ether oxygens (including phenoxy) is 2. The van der Waals surface area contributed by atoms with E-state index in [0.717, 1.165) is 52.4 Å². The number of aromatic amines is 1. The minimum absolute atomic E-state index is 0.0419. The summed E-state index contributed by atoms with van der Waals surface area (Å²) >= 11 is 0. The third-order valence-corrected chi connectivity index (χ3v) is 6.25. The molecule has 0 saturated heterocycles. The van der Waals surface area contributed by atoms with Crippen molar-refractivity contribution < 1.29 is 14.3 Å². The number of aromatic nitrogens is 1. The van der Waals surface area contributed by atoms with Crippen LogP contribution < -0.4 is 9.47 Å². The molecule has 176 valence electrons. The first-order valence-corrected chi connectivity index (χ1v) is 12.2. The van der Waals surface area contributed by atoms with Gasteiger partial charge < -0.3 is 14.5 Å². The number of nitrogens with one attached hydrogen (secondary N) is 1. The van der Waals surface area contributed by atoms with E-state index in [9.17, 15) is 4.79 Å². The summed E-state index contributed by atoms with van der Waals surface area (Å²) in [6, 6.07) is 27.5. The topological polar surface area (TPSA) is 51.3 Å². The van der Waals surface area contributed by atoms with Gasteiger partial charge in [0, 0.05) is 40.2 Å². The molecule has 5 rings (SSSR count). The van der Waals surface area contributed by atoms with Crippen molar-refractivity contribution in [3.63, 3.8) is 0 Å². The number of fused-ring (bicyclic) bond motifs is 2. The molecule has 4 aromatic carbocycles. The lowest BCUT2D eigenvalue weighted by molar-refractivity contribution is 0.103. The molecular weight excluding hydrogens is 434 g/mol. The normalized spacial score (nSPS) is 11.1. The Hall–Kier alpha value is -4.05. The van der Waals surface area contributed by atoms with Gasteiger partial charge in [-0.1, -0.05) is 67.9 Å². The fourth-order valence-corrected chi connectivity index (χ4v) is 4.52. The zero-order valence-corrected chi connectivity index (χ0v) is 19.9. The number of rotatable bonds is 10. The number of benzene rings is 4. The lowest BCUT2D eigenvalue weighted by Gasteiger charge is -2.15. The smallest absolute Gasteiger partial charge is 0.193 e. The van der Waals surface area contributed by atoms with Crippen molar-refractivity contribution in [1.82, 2.24) is 4.98 Å². The summed E-state index contributed by atoms with van der Waals surface area (Å²) in [6.45, 7) is 3.34. The highest BCUT2D eigenvalue weighted by Crippen LogP contribution is 2.31. The maximum atomic E-state index is 12.9. The molecule has 1 aromatic heterocycles. The van der Waals surface area contributed by atoms with Gasteiger partial charge >= 0.3 is 0 Å². The fourth-order valence-electron chi connectivity index (χ4n) is 4.52. The van der Waals surface area contributed by atoms with E-state index in [0.29, 0.717) is 24.3 Å². The summed E-state index contributed by atoms with van der Waals surface area (Å²) in [6.07, 6.45) is 4.65. The Kier molecular flexibility index (Phi) is 6.80. The Morgan fingerprint density at radius 2 is 1.60 bits per heavy atom. The number of hydrogen-bond donors (Lipinski definition) is 1. The minimum Gasteiger partial charge on any atom is -0.493 e. The highest BCUT2D eigenvalue weighted by molar-refractivity contribution is 6.10. The standard InChI is InChI=1S/C31H29NO3/c1-2-8-26-25-15-13-24(31(33)22-9-4-3-5-10-22)21-23(25)14-16-30(26)35-20-7-19-34-29-12-6-11-28-27(29)17-18-32-28/h3-6,9-18,21,32H,2,7-8,19-20H2,1H3. The van der Waals surface area contributed by atoms with E-state index >= 15 is 0 Å². The van der Waals surface area contributed by atoms with E-state index in [1.54, 1.807) is 0 Å². The molecule has 0 unspecified atom stereocenters. The molecule has 4 heteroatoms. The molecule has 5 aromatic rings. The zero-order valence-electron chi connectivity index (χ0n) is 19.9. The van der Waals surface area contributed by atoms with E-state index in [-0.39, 0.29) is 5.78 Å². The lowest BCUT2D eigenvalue weighted by Crippen LogP contribution is -2.07. The lowest BCUT2D eigenvalue weighted by atomic mass is 9.95. The summed E-state index contributed by atoms with van der Waals surface area (Å²) < 4.78 is 12.2. The molecule has 0 amide bonds. The molecule has 1 N–H and O–H groups in total. The Bertz CT molecular complexity index is 1450. The zero-order chi connectivity index (χ0) is 24.0. The second-order valence-corrected chi connectivity index (χ2v) is 8.67. The first-order chi connectivity index (χ1) is 17.2. The SMILES string of the molecule is CCCc1c(OCCCOc2cccc3[nH]ccc23)ccc2cc(C(=O)c3ccccc3)ccc12. The summed E-state index contributed by atoms with van der Waals surface area (Å²) in [5, 5.41) is 3.30. The van der Waals surface area contributed by atoms with E-state index in [1.165, 1.54) is 5.56 Å². The molecule has 0 aliphatic rings. The van der Waals surface area contributed by atoms with E-state index in [4.69, 9.17) is 9.47 Å². The van der Waals surface area contributed by atoms with Crippen LogP contribution in [0.1, 0.15) is 41.3 Å². The molecule has 0 aliphatic heterocycles. The van der Waals surface area contributed by atoms with Crippen LogP contribution >= 0.6 is 0 Å². The van der Waals surface area contributed by atoms with E-state index < -0.39 is 0 Å². The predicted octanol–water partition coefficient (Wildman–Crippen LogP) is 7.35. The highest BCUT2D eigenvalue weighted by atomic mass is 16.5. The molecule has 35 heavy (non-hydrogen) atoms. The van der Waals surface area contributed by atoms with Gasteiger partial charge in [-0.2, -0.15) is 0 Å². The number of ketones is 1. The van der Waals surface area contributed by atoms with Crippen molar-refractivity contribution in [3.05, 3.63) is 108 Å². The molecule has 1 heterocycles. The molecule has 0 spiro atoms. The van der Waals surface area contributed by atoms with Crippen LogP contribution in [0.2, 0.25) is 0 Å². The van der Waals surface area contributed by atoms with Gasteiger partial charge in [0.1, 0.15) is 11.5 Å². The molecule has 0 bridgehead atoms. The van der Waals surface area contributed by atoms with Crippen LogP contribution in [-0.2, 0) is 6.42 Å². The first kappa shape index (κ1) is 22.7. The van der Waals surface area contributed by atoms with Gasteiger partial charge in [-0.3, -0.25) is 4.79 Å². The van der Waals surface area contributed by atoms with Gasteiger partial charge in [-0.05, 0) is 47.5 Å². The van der Waals surface area contributed by atoms with Gasteiger partial charge in [0.05, 0.1) is 13.2 Å². The van der Waals surface area contributed by atoms with Crippen LogP contribution in [0.4, 0.5) is 0 Å². The second-order valence-electron chi connectivity index (χ2n) is 8.67. The van der Waals surface area contributed by atoms with Gasteiger partial charge in [-0.25, -0.2) is 0 Å². The monoisotopic (exact) mass is 463 g/mol. The van der Waals surface area contributed by atoms with Crippen LogP contribution in [-0.4, -0.2) is 24.0 Å². The van der Waals surface area contributed by atoms with Crippen LogP contribution in [0, 0.1) is 0 Å². The molecule has 0 aliphatic carbocycles.